The number of hydrogen-bond donors (Lipinski definition) is 0. The minimum Gasteiger partial charge on any atom is -0.437 e. The third kappa shape index (κ3) is 2.77. The van der Waals surface area contributed by atoms with Gasteiger partial charge in [0.15, 0.2) is 0 Å². The van der Waals surface area contributed by atoms with Crippen molar-refractivity contribution in [2.24, 2.45) is 0 Å². The van der Waals surface area contributed by atoms with Gasteiger partial charge in [-0.25, -0.2) is 4.98 Å². The zero-order valence-corrected chi connectivity index (χ0v) is 12.6. The summed E-state index contributed by atoms with van der Waals surface area (Å²) in [5.41, 5.74) is 2.66. The molecule has 0 radical (unpaired) electrons. The number of aromatic nitrogens is 1. The molecule has 0 amide bonds. The first-order valence-electron chi connectivity index (χ1n) is 6.88. The second kappa shape index (κ2) is 5.47. The van der Waals surface area contributed by atoms with Crippen LogP contribution in [0.1, 0.15) is 28.7 Å². The summed E-state index contributed by atoms with van der Waals surface area (Å²) >= 11 is 5.88. The highest BCUT2D eigenvalue weighted by Gasteiger charge is 2.32. The summed E-state index contributed by atoms with van der Waals surface area (Å²) in [7, 11) is 0. The molecule has 0 saturated heterocycles. The second-order valence-electron chi connectivity index (χ2n) is 5.30. The van der Waals surface area contributed by atoms with E-state index in [0.717, 1.165) is 37.1 Å². The summed E-state index contributed by atoms with van der Waals surface area (Å²) in [6.45, 7) is 2.04. The van der Waals surface area contributed by atoms with Crippen molar-refractivity contribution >= 4 is 11.6 Å². The third-order valence-electron chi connectivity index (χ3n) is 3.82. The maximum atomic E-state index is 12.6. The number of aryl methyl sites for hydroxylation is 1. The van der Waals surface area contributed by atoms with Crippen molar-refractivity contribution in [2.75, 3.05) is 0 Å². The van der Waals surface area contributed by atoms with Crippen LogP contribution in [0.2, 0.25) is 5.02 Å². The van der Waals surface area contributed by atoms with Crippen molar-refractivity contribution in [3.63, 3.8) is 0 Å². The summed E-state index contributed by atoms with van der Waals surface area (Å²) < 4.78 is 43.5. The molecule has 3 rings (SSSR count). The Bertz CT molecular complexity index is 728. The topological polar surface area (TPSA) is 22.1 Å². The predicted octanol–water partition coefficient (Wildman–Crippen LogP) is 5.34. The molecule has 0 saturated carbocycles. The van der Waals surface area contributed by atoms with Gasteiger partial charge in [0.25, 0.3) is 0 Å². The number of ether oxygens (including phenoxy) is 1. The fraction of sp³-hybridized carbons (Fsp3) is 0.312. The molecule has 6 heteroatoms. The highest BCUT2D eigenvalue weighted by molar-refractivity contribution is 6.31. The van der Waals surface area contributed by atoms with Gasteiger partial charge in [-0.05, 0) is 55.0 Å². The van der Waals surface area contributed by atoms with Crippen LogP contribution in [-0.2, 0) is 19.0 Å². The quantitative estimate of drug-likeness (QED) is 0.742. The van der Waals surface area contributed by atoms with Crippen LogP contribution in [0.3, 0.4) is 0 Å². The Hall–Kier alpha value is -1.75. The van der Waals surface area contributed by atoms with Crippen LogP contribution in [0.4, 0.5) is 13.2 Å². The molecule has 1 aliphatic rings. The zero-order chi connectivity index (χ0) is 15.9. The standard InChI is InChI=1S/C16H13ClF3NO/c1-9-5-6-14(12-4-2-3-11(9)12)22-15-13(17)7-10(8-21-15)16(18,19)20/h5-8H,2-4H2,1H3. The second-order valence-corrected chi connectivity index (χ2v) is 5.71. The summed E-state index contributed by atoms with van der Waals surface area (Å²) in [6, 6.07) is 4.59. The number of fused-ring (bicyclic) bond motifs is 1. The van der Waals surface area contributed by atoms with Crippen molar-refractivity contribution in [1.29, 1.82) is 0 Å². The molecule has 2 aromatic rings. The van der Waals surface area contributed by atoms with Gasteiger partial charge in [-0.3, -0.25) is 0 Å². The van der Waals surface area contributed by atoms with Crippen molar-refractivity contribution in [3.8, 4) is 11.6 Å². The molecule has 1 aromatic heterocycles. The van der Waals surface area contributed by atoms with Gasteiger partial charge in [0.1, 0.15) is 10.8 Å². The molecule has 0 fully saturated rings. The number of hydrogen-bond acceptors (Lipinski definition) is 2. The van der Waals surface area contributed by atoms with Gasteiger partial charge < -0.3 is 4.74 Å². The fourth-order valence-electron chi connectivity index (χ4n) is 2.71. The molecule has 0 spiro atoms. The van der Waals surface area contributed by atoms with Gasteiger partial charge in [0, 0.05) is 6.20 Å². The summed E-state index contributed by atoms with van der Waals surface area (Å²) in [5, 5.41) is -0.151. The normalized spacial score (nSPS) is 14.0. The van der Waals surface area contributed by atoms with Crippen LogP contribution in [0.25, 0.3) is 0 Å². The van der Waals surface area contributed by atoms with E-state index < -0.39 is 11.7 Å². The van der Waals surface area contributed by atoms with E-state index in [-0.39, 0.29) is 10.9 Å². The number of halogens is 4. The first-order valence-corrected chi connectivity index (χ1v) is 7.26. The van der Waals surface area contributed by atoms with E-state index in [1.165, 1.54) is 11.1 Å². The number of rotatable bonds is 2. The molecule has 1 aliphatic carbocycles. The zero-order valence-electron chi connectivity index (χ0n) is 11.8. The molecule has 22 heavy (non-hydrogen) atoms. The maximum Gasteiger partial charge on any atom is 0.417 e. The van der Waals surface area contributed by atoms with E-state index in [0.29, 0.717) is 5.75 Å². The van der Waals surface area contributed by atoms with Crippen LogP contribution >= 0.6 is 11.6 Å². The van der Waals surface area contributed by atoms with Crippen LogP contribution in [0.15, 0.2) is 24.4 Å². The van der Waals surface area contributed by atoms with Gasteiger partial charge in [-0.1, -0.05) is 17.7 Å². The number of nitrogens with zero attached hydrogens (tertiary/aromatic N) is 1. The van der Waals surface area contributed by atoms with Gasteiger partial charge in [-0.2, -0.15) is 13.2 Å². The van der Waals surface area contributed by atoms with Crippen LogP contribution < -0.4 is 4.74 Å². The van der Waals surface area contributed by atoms with Gasteiger partial charge in [-0.15, -0.1) is 0 Å². The summed E-state index contributed by atoms with van der Waals surface area (Å²) in [5.74, 6) is 0.611. The lowest BCUT2D eigenvalue weighted by atomic mass is 10.0. The lowest BCUT2D eigenvalue weighted by Gasteiger charge is -2.13. The van der Waals surface area contributed by atoms with Gasteiger partial charge in [0.2, 0.25) is 5.88 Å². The number of alkyl halides is 3. The monoisotopic (exact) mass is 327 g/mol. The van der Waals surface area contributed by atoms with Crippen molar-refractivity contribution in [1.82, 2.24) is 4.98 Å². The van der Waals surface area contributed by atoms with Crippen LogP contribution in [-0.4, -0.2) is 4.98 Å². The first-order chi connectivity index (χ1) is 10.4. The Labute approximate surface area is 130 Å². The number of pyridine rings is 1. The van der Waals surface area contributed by atoms with Crippen LogP contribution in [0, 0.1) is 6.92 Å². The average molecular weight is 328 g/mol. The minimum absolute atomic E-state index is 0.00683. The molecule has 0 N–H and O–H groups in total. The minimum atomic E-state index is -4.47. The lowest BCUT2D eigenvalue weighted by Crippen LogP contribution is -2.06. The van der Waals surface area contributed by atoms with Crippen molar-refractivity contribution in [2.45, 2.75) is 32.4 Å². The van der Waals surface area contributed by atoms with E-state index in [9.17, 15) is 13.2 Å². The number of benzene rings is 1. The largest absolute Gasteiger partial charge is 0.437 e. The molecular formula is C16H13ClF3NO. The van der Waals surface area contributed by atoms with Gasteiger partial charge >= 0.3 is 6.18 Å². The Balaban J connectivity index is 1.93. The molecule has 0 unspecified atom stereocenters. The first kappa shape index (κ1) is 15.2. The van der Waals surface area contributed by atoms with E-state index in [1.54, 1.807) is 0 Å². The Kier molecular flexibility index (Phi) is 3.77. The highest BCUT2D eigenvalue weighted by Crippen LogP contribution is 2.38. The molecule has 1 aromatic carbocycles. The maximum absolute atomic E-state index is 12.6. The van der Waals surface area contributed by atoms with Crippen molar-refractivity contribution < 1.29 is 17.9 Å². The summed E-state index contributed by atoms with van der Waals surface area (Å²) in [4.78, 5) is 3.71. The fourth-order valence-corrected chi connectivity index (χ4v) is 2.91. The van der Waals surface area contributed by atoms with E-state index in [1.807, 2.05) is 19.1 Å². The Morgan fingerprint density at radius 2 is 1.91 bits per heavy atom. The Morgan fingerprint density at radius 1 is 1.18 bits per heavy atom. The smallest absolute Gasteiger partial charge is 0.417 e. The lowest BCUT2D eigenvalue weighted by molar-refractivity contribution is -0.137. The van der Waals surface area contributed by atoms with Crippen molar-refractivity contribution in [3.05, 3.63) is 51.7 Å². The van der Waals surface area contributed by atoms with E-state index in [2.05, 4.69) is 4.98 Å². The predicted molar refractivity (Wildman–Crippen MR) is 77.5 cm³/mol. The van der Waals surface area contributed by atoms with Crippen LogP contribution in [0.5, 0.6) is 11.6 Å². The van der Waals surface area contributed by atoms with E-state index in [4.69, 9.17) is 16.3 Å². The molecule has 1 heterocycles. The molecule has 0 aliphatic heterocycles. The average Bonchev–Trinajstić information content (AvgIpc) is 2.93. The molecule has 0 atom stereocenters. The van der Waals surface area contributed by atoms with Gasteiger partial charge in [0.05, 0.1) is 5.56 Å². The molecule has 0 bridgehead atoms. The molecular weight excluding hydrogens is 315 g/mol. The molecule has 2 nitrogen and oxygen atoms in total. The highest BCUT2D eigenvalue weighted by atomic mass is 35.5. The summed E-state index contributed by atoms with van der Waals surface area (Å²) in [6.07, 6.45) is -0.808. The third-order valence-corrected chi connectivity index (χ3v) is 4.09. The van der Waals surface area contributed by atoms with E-state index >= 15 is 0 Å². The molecule has 116 valence electrons. The SMILES string of the molecule is Cc1ccc(Oc2ncc(C(F)(F)F)cc2Cl)c2c1CCC2. The Morgan fingerprint density at radius 3 is 2.59 bits per heavy atom.